The zero-order valence-corrected chi connectivity index (χ0v) is 10.7. The largest absolute Gasteiger partial charge is 0.507 e. The van der Waals surface area contributed by atoms with Crippen LogP contribution in [0.5, 0.6) is 17.2 Å². The summed E-state index contributed by atoms with van der Waals surface area (Å²) < 4.78 is 10.6. The van der Waals surface area contributed by atoms with Gasteiger partial charge in [-0.05, 0) is 12.8 Å². The van der Waals surface area contributed by atoms with Gasteiger partial charge >= 0.3 is 0 Å². The number of phenolic OH excluding ortho intramolecular Hbond substituents is 1. The minimum atomic E-state index is -0.347. The zero-order chi connectivity index (χ0) is 13.5. The molecule has 0 heterocycles. The van der Waals surface area contributed by atoms with Gasteiger partial charge in [-0.2, -0.15) is 0 Å². The number of rotatable bonds is 7. The summed E-state index contributed by atoms with van der Waals surface area (Å²) in [6.45, 7) is 2.31. The molecule has 100 valence electrons. The van der Waals surface area contributed by atoms with E-state index in [4.69, 9.17) is 15.2 Å². The first-order valence-corrected chi connectivity index (χ1v) is 5.89. The fraction of sp³-hybridized carbons (Fsp3) is 0.462. The van der Waals surface area contributed by atoms with Gasteiger partial charge in [-0.1, -0.05) is 6.92 Å². The summed E-state index contributed by atoms with van der Waals surface area (Å²) in [5.74, 6) is 0.926. The van der Waals surface area contributed by atoms with Gasteiger partial charge in [0.25, 0.3) is 0 Å². The van der Waals surface area contributed by atoms with E-state index in [0.717, 1.165) is 5.56 Å². The van der Waals surface area contributed by atoms with Crippen LogP contribution in [-0.2, 0) is 11.2 Å². The molecule has 0 bridgehead atoms. The van der Waals surface area contributed by atoms with E-state index in [1.807, 2.05) is 6.92 Å². The van der Waals surface area contributed by atoms with Crippen LogP contribution < -0.4 is 15.2 Å². The van der Waals surface area contributed by atoms with Crippen molar-refractivity contribution < 1.29 is 19.4 Å². The van der Waals surface area contributed by atoms with Crippen LogP contribution in [-0.4, -0.2) is 24.7 Å². The smallest absolute Gasteiger partial charge is 0.217 e. The Bertz CT molecular complexity index is 418. The average Bonchev–Trinajstić information content (AvgIpc) is 2.33. The Kier molecular flexibility index (Phi) is 5.30. The molecule has 0 atom stereocenters. The topological polar surface area (TPSA) is 81.8 Å². The predicted molar refractivity (Wildman–Crippen MR) is 68.0 cm³/mol. The number of carbonyl (C=O) groups is 1. The van der Waals surface area contributed by atoms with Crippen LogP contribution in [0.25, 0.3) is 0 Å². The molecule has 1 amide bonds. The number of hydrogen-bond donors (Lipinski definition) is 2. The number of ether oxygens (including phenoxy) is 2. The molecule has 1 rings (SSSR count). The summed E-state index contributed by atoms with van der Waals surface area (Å²) in [5.41, 5.74) is 5.78. The van der Waals surface area contributed by atoms with E-state index in [1.165, 1.54) is 0 Å². The Morgan fingerprint density at radius 2 is 2.17 bits per heavy atom. The third-order valence-electron chi connectivity index (χ3n) is 2.57. The van der Waals surface area contributed by atoms with E-state index >= 15 is 0 Å². The Morgan fingerprint density at radius 3 is 2.72 bits per heavy atom. The van der Waals surface area contributed by atoms with Crippen molar-refractivity contribution in [1.29, 1.82) is 0 Å². The van der Waals surface area contributed by atoms with Crippen LogP contribution in [0, 0.1) is 0 Å². The number of primary amides is 1. The number of aromatic hydroxyl groups is 1. The van der Waals surface area contributed by atoms with Crippen molar-refractivity contribution in [1.82, 2.24) is 0 Å². The first-order chi connectivity index (χ1) is 8.58. The Morgan fingerprint density at radius 1 is 1.44 bits per heavy atom. The molecule has 1 aromatic carbocycles. The lowest BCUT2D eigenvalue weighted by Crippen LogP contribution is -2.11. The first-order valence-electron chi connectivity index (χ1n) is 5.89. The van der Waals surface area contributed by atoms with Gasteiger partial charge in [0.05, 0.1) is 13.7 Å². The Hall–Kier alpha value is -1.91. The molecule has 0 aliphatic carbocycles. The van der Waals surface area contributed by atoms with Crippen LogP contribution >= 0.6 is 0 Å². The number of benzene rings is 1. The molecule has 0 fully saturated rings. The molecule has 0 spiro atoms. The predicted octanol–water partition coefficient (Wildman–Crippen LogP) is 1.61. The van der Waals surface area contributed by atoms with Crippen molar-refractivity contribution in [3.8, 4) is 17.2 Å². The first kappa shape index (κ1) is 14.2. The van der Waals surface area contributed by atoms with Crippen LogP contribution in [0.1, 0.15) is 25.3 Å². The van der Waals surface area contributed by atoms with Crippen LogP contribution in [0.15, 0.2) is 12.1 Å². The van der Waals surface area contributed by atoms with Gasteiger partial charge in [-0.3, -0.25) is 4.79 Å². The second kappa shape index (κ2) is 6.74. The Labute approximate surface area is 107 Å². The second-order valence-electron chi connectivity index (χ2n) is 3.90. The fourth-order valence-corrected chi connectivity index (χ4v) is 1.66. The van der Waals surface area contributed by atoms with Gasteiger partial charge in [0.2, 0.25) is 5.91 Å². The average molecular weight is 253 g/mol. The summed E-state index contributed by atoms with van der Waals surface area (Å²) in [6, 6.07) is 3.27. The highest BCUT2D eigenvalue weighted by atomic mass is 16.5. The van der Waals surface area contributed by atoms with Gasteiger partial charge < -0.3 is 20.3 Å². The van der Waals surface area contributed by atoms with Crippen LogP contribution in [0.4, 0.5) is 0 Å². The van der Waals surface area contributed by atoms with Crippen molar-refractivity contribution in [2.45, 2.75) is 26.2 Å². The van der Waals surface area contributed by atoms with Crippen molar-refractivity contribution in [2.24, 2.45) is 5.73 Å². The lowest BCUT2D eigenvalue weighted by Gasteiger charge is -2.12. The summed E-state index contributed by atoms with van der Waals surface area (Å²) >= 11 is 0. The highest BCUT2D eigenvalue weighted by Gasteiger charge is 2.10. The molecule has 0 unspecified atom stereocenters. The van der Waals surface area contributed by atoms with Gasteiger partial charge in [-0.25, -0.2) is 0 Å². The molecular weight excluding hydrogens is 234 g/mol. The van der Waals surface area contributed by atoms with Crippen LogP contribution in [0.3, 0.4) is 0 Å². The SMILES string of the molecule is CCc1c(O)cc(OCCCC(N)=O)cc1OC. The molecule has 0 saturated heterocycles. The highest BCUT2D eigenvalue weighted by Crippen LogP contribution is 2.33. The lowest BCUT2D eigenvalue weighted by atomic mass is 10.1. The molecule has 0 radical (unpaired) electrons. The summed E-state index contributed by atoms with van der Waals surface area (Å²) in [5, 5.41) is 9.81. The number of hydrogen-bond acceptors (Lipinski definition) is 4. The van der Waals surface area contributed by atoms with E-state index in [1.54, 1.807) is 19.2 Å². The minimum Gasteiger partial charge on any atom is -0.507 e. The maximum Gasteiger partial charge on any atom is 0.217 e. The number of nitrogens with two attached hydrogens (primary N) is 1. The third kappa shape index (κ3) is 3.84. The van der Waals surface area contributed by atoms with Crippen molar-refractivity contribution >= 4 is 5.91 Å². The van der Waals surface area contributed by atoms with Gasteiger partial charge in [0.15, 0.2) is 0 Å². The lowest BCUT2D eigenvalue weighted by molar-refractivity contribution is -0.118. The number of amides is 1. The molecule has 0 aliphatic heterocycles. The van der Waals surface area contributed by atoms with E-state index in [9.17, 15) is 9.90 Å². The number of phenols is 1. The maximum atomic E-state index is 10.6. The fourth-order valence-electron chi connectivity index (χ4n) is 1.66. The van der Waals surface area contributed by atoms with E-state index < -0.39 is 0 Å². The highest BCUT2D eigenvalue weighted by molar-refractivity contribution is 5.73. The monoisotopic (exact) mass is 253 g/mol. The molecule has 1 aromatic rings. The molecule has 5 nitrogen and oxygen atoms in total. The second-order valence-corrected chi connectivity index (χ2v) is 3.90. The summed E-state index contributed by atoms with van der Waals surface area (Å²) in [4.78, 5) is 10.6. The van der Waals surface area contributed by atoms with E-state index in [0.29, 0.717) is 30.9 Å². The van der Waals surface area contributed by atoms with Gasteiger partial charge in [0.1, 0.15) is 17.2 Å². The normalized spacial score (nSPS) is 10.1. The Balaban J connectivity index is 2.67. The van der Waals surface area contributed by atoms with Gasteiger partial charge in [-0.15, -0.1) is 0 Å². The third-order valence-corrected chi connectivity index (χ3v) is 2.57. The molecule has 18 heavy (non-hydrogen) atoms. The van der Waals surface area contributed by atoms with Gasteiger partial charge in [0, 0.05) is 24.1 Å². The number of carbonyl (C=O) groups excluding carboxylic acids is 1. The van der Waals surface area contributed by atoms with Crippen molar-refractivity contribution in [3.63, 3.8) is 0 Å². The van der Waals surface area contributed by atoms with Crippen LogP contribution in [0.2, 0.25) is 0 Å². The van der Waals surface area contributed by atoms with Crippen molar-refractivity contribution in [3.05, 3.63) is 17.7 Å². The molecular formula is C13H19NO4. The standard InChI is InChI=1S/C13H19NO4/c1-3-10-11(15)7-9(8-12(10)17-2)18-6-4-5-13(14)16/h7-8,15H,3-6H2,1-2H3,(H2,14,16). The molecule has 3 N–H and O–H groups in total. The van der Waals surface area contributed by atoms with E-state index in [-0.39, 0.29) is 18.1 Å². The molecule has 0 aliphatic rings. The van der Waals surface area contributed by atoms with E-state index in [2.05, 4.69) is 0 Å². The van der Waals surface area contributed by atoms with Crippen molar-refractivity contribution in [2.75, 3.05) is 13.7 Å². The molecule has 0 aromatic heterocycles. The zero-order valence-electron chi connectivity index (χ0n) is 10.7. The molecule has 0 saturated carbocycles. The molecule has 5 heteroatoms. The quantitative estimate of drug-likeness (QED) is 0.723. The summed E-state index contributed by atoms with van der Waals surface area (Å²) in [7, 11) is 1.55. The summed E-state index contributed by atoms with van der Waals surface area (Å²) in [6.07, 6.45) is 1.51. The number of methoxy groups -OCH3 is 1. The minimum absolute atomic E-state index is 0.154. The maximum absolute atomic E-state index is 10.6.